The molecule has 0 bridgehead atoms. The Morgan fingerprint density at radius 2 is 1.95 bits per heavy atom. The van der Waals surface area contributed by atoms with E-state index in [0.29, 0.717) is 26.6 Å². The summed E-state index contributed by atoms with van der Waals surface area (Å²) < 4.78 is 28.0. The van der Waals surface area contributed by atoms with Gasteiger partial charge in [-0.15, -0.1) is 11.3 Å². The second-order valence-corrected chi connectivity index (χ2v) is 6.35. The molecular weight excluding hydrogens is 353 g/mol. The quantitative estimate of drug-likeness (QED) is 0.677. The zero-order valence-corrected chi connectivity index (χ0v) is 13.2. The van der Waals surface area contributed by atoms with Crippen LogP contribution in [-0.4, -0.2) is 19.5 Å². The van der Waals surface area contributed by atoms with Crippen molar-refractivity contribution in [3.8, 4) is 11.4 Å². The van der Waals surface area contributed by atoms with Crippen molar-refractivity contribution in [2.75, 3.05) is 0 Å². The Balaban J connectivity index is 1.99. The van der Waals surface area contributed by atoms with Gasteiger partial charge < -0.3 is 4.57 Å². The molecule has 0 aliphatic carbocycles. The Hall–Kier alpha value is -1.57. The normalized spacial score (nSPS) is 11.3. The molecule has 3 aromatic heterocycles. The summed E-state index contributed by atoms with van der Waals surface area (Å²) in [4.78, 5) is 12.1. The van der Waals surface area contributed by atoms with Crippen LogP contribution in [0, 0.1) is 0 Å². The summed E-state index contributed by atoms with van der Waals surface area (Å²) >= 11 is 12.9. The van der Waals surface area contributed by atoms with Crippen LogP contribution in [0.4, 0.5) is 8.78 Å². The predicted octanol–water partition coefficient (Wildman–Crippen LogP) is 4.69. The number of rotatable bonds is 4. The van der Waals surface area contributed by atoms with Crippen molar-refractivity contribution in [3.05, 3.63) is 50.9 Å². The van der Waals surface area contributed by atoms with Gasteiger partial charge in [0.1, 0.15) is 17.3 Å². The summed E-state index contributed by atoms with van der Waals surface area (Å²) in [6.45, 7) is 0.208. The number of hydrogen-bond donors (Lipinski definition) is 0. The van der Waals surface area contributed by atoms with E-state index in [1.807, 2.05) is 0 Å². The van der Waals surface area contributed by atoms with Crippen molar-refractivity contribution >= 4 is 34.5 Å². The van der Waals surface area contributed by atoms with Crippen LogP contribution in [0.25, 0.3) is 11.4 Å². The molecular formula is C13H8Cl2F2N4S. The smallest absolute Gasteiger partial charge is 0.281 e. The molecule has 0 atom stereocenters. The largest absolute Gasteiger partial charge is 0.323 e. The number of alkyl halides is 2. The summed E-state index contributed by atoms with van der Waals surface area (Å²) in [6, 6.07) is 1.68. The van der Waals surface area contributed by atoms with Crippen molar-refractivity contribution in [2.24, 2.45) is 0 Å². The fourth-order valence-corrected chi connectivity index (χ4v) is 2.85. The molecule has 0 aliphatic heterocycles. The molecule has 3 heterocycles. The zero-order chi connectivity index (χ0) is 15.7. The molecule has 0 aromatic carbocycles. The van der Waals surface area contributed by atoms with Crippen LogP contribution in [-0.2, 0) is 6.54 Å². The third kappa shape index (κ3) is 3.26. The highest BCUT2D eigenvalue weighted by atomic mass is 35.5. The Morgan fingerprint density at radius 1 is 1.23 bits per heavy atom. The summed E-state index contributed by atoms with van der Waals surface area (Å²) in [5, 5.41) is 2.17. The fraction of sp³-hybridized carbons (Fsp3) is 0.154. The molecule has 0 saturated heterocycles. The van der Waals surface area contributed by atoms with E-state index < -0.39 is 6.43 Å². The highest BCUT2D eigenvalue weighted by Gasteiger charge is 2.18. The number of hydrogen-bond acceptors (Lipinski definition) is 4. The molecule has 0 N–H and O–H groups in total. The highest BCUT2D eigenvalue weighted by Crippen LogP contribution is 2.30. The van der Waals surface area contributed by atoms with Gasteiger partial charge in [0, 0.05) is 29.5 Å². The van der Waals surface area contributed by atoms with Gasteiger partial charge in [-0.3, -0.25) is 0 Å². The monoisotopic (exact) mass is 360 g/mol. The first-order chi connectivity index (χ1) is 10.5. The van der Waals surface area contributed by atoms with Crippen molar-refractivity contribution in [2.45, 2.75) is 13.0 Å². The van der Waals surface area contributed by atoms with E-state index in [1.165, 1.54) is 29.9 Å². The maximum atomic E-state index is 12.9. The summed E-state index contributed by atoms with van der Waals surface area (Å²) in [5.74, 6) is 0.849. The first-order valence-corrected chi connectivity index (χ1v) is 7.72. The van der Waals surface area contributed by atoms with Gasteiger partial charge in [-0.1, -0.05) is 23.2 Å². The molecule has 0 unspecified atom stereocenters. The van der Waals surface area contributed by atoms with Gasteiger partial charge in [0.25, 0.3) is 6.43 Å². The minimum Gasteiger partial charge on any atom is -0.323 e. The standard InChI is InChI=1S/C13H8Cl2F2N4S/c14-8-2-18-11(19-3-8)5-21-4-9(12(16)17)20-13(21)7-1-10(15)22-6-7/h1-4,6,12H,5H2. The third-order valence-corrected chi connectivity index (χ3v) is 4.12. The van der Waals surface area contributed by atoms with E-state index >= 15 is 0 Å². The van der Waals surface area contributed by atoms with E-state index in [-0.39, 0.29) is 12.2 Å². The van der Waals surface area contributed by atoms with Crippen LogP contribution in [0.15, 0.2) is 30.0 Å². The van der Waals surface area contributed by atoms with Crippen LogP contribution in [0.2, 0.25) is 9.36 Å². The van der Waals surface area contributed by atoms with Crippen LogP contribution < -0.4 is 0 Å². The Labute approximate surface area is 138 Å². The average molecular weight is 361 g/mol. The average Bonchev–Trinajstić information content (AvgIpc) is 3.08. The second kappa shape index (κ2) is 6.28. The maximum absolute atomic E-state index is 12.9. The molecule has 9 heteroatoms. The van der Waals surface area contributed by atoms with Gasteiger partial charge in [0.15, 0.2) is 0 Å². The number of halogens is 4. The maximum Gasteiger partial charge on any atom is 0.281 e. The van der Waals surface area contributed by atoms with Gasteiger partial charge in [0.2, 0.25) is 0 Å². The summed E-state index contributed by atoms with van der Waals surface area (Å²) in [7, 11) is 0. The van der Waals surface area contributed by atoms with Crippen molar-refractivity contribution in [1.82, 2.24) is 19.5 Å². The second-order valence-electron chi connectivity index (χ2n) is 4.37. The van der Waals surface area contributed by atoms with E-state index in [1.54, 1.807) is 16.0 Å². The number of imidazole rings is 1. The highest BCUT2D eigenvalue weighted by molar-refractivity contribution is 7.14. The molecule has 0 aliphatic rings. The molecule has 22 heavy (non-hydrogen) atoms. The molecule has 0 radical (unpaired) electrons. The van der Waals surface area contributed by atoms with Crippen LogP contribution in [0.1, 0.15) is 17.9 Å². The zero-order valence-electron chi connectivity index (χ0n) is 10.9. The molecule has 0 spiro atoms. The van der Waals surface area contributed by atoms with Crippen molar-refractivity contribution < 1.29 is 8.78 Å². The van der Waals surface area contributed by atoms with Gasteiger partial charge >= 0.3 is 0 Å². The molecule has 0 saturated carbocycles. The first kappa shape index (κ1) is 15.3. The Bertz CT molecular complexity index is 786. The Morgan fingerprint density at radius 3 is 2.55 bits per heavy atom. The lowest BCUT2D eigenvalue weighted by Crippen LogP contribution is -2.04. The summed E-state index contributed by atoms with van der Waals surface area (Å²) in [6.07, 6.45) is 1.55. The van der Waals surface area contributed by atoms with Gasteiger partial charge in [-0.05, 0) is 6.07 Å². The predicted molar refractivity (Wildman–Crippen MR) is 81.7 cm³/mol. The van der Waals surface area contributed by atoms with E-state index in [9.17, 15) is 8.78 Å². The lowest BCUT2D eigenvalue weighted by atomic mass is 10.3. The van der Waals surface area contributed by atoms with E-state index in [2.05, 4.69) is 15.0 Å². The molecule has 0 fully saturated rings. The number of nitrogens with zero attached hydrogens (tertiary/aromatic N) is 4. The number of aromatic nitrogens is 4. The lowest BCUT2D eigenvalue weighted by Gasteiger charge is -2.05. The fourth-order valence-electron chi connectivity index (χ4n) is 1.89. The SMILES string of the molecule is FC(F)c1cn(Cc2ncc(Cl)cn2)c(-c2csc(Cl)c2)n1. The first-order valence-electron chi connectivity index (χ1n) is 6.09. The van der Waals surface area contributed by atoms with Gasteiger partial charge in [-0.2, -0.15) is 0 Å². The van der Waals surface area contributed by atoms with Crippen LogP contribution in [0.5, 0.6) is 0 Å². The van der Waals surface area contributed by atoms with Gasteiger partial charge in [0.05, 0.1) is 15.9 Å². The van der Waals surface area contributed by atoms with Crippen LogP contribution >= 0.6 is 34.5 Å². The Kier molecular flexibility index (Phi) is 4.37. The van der Waals surface area contributed by atoms with Gasteiger partial charge in [-0.25, -0.2) is 23.7 Å². The number of thiophene rings is 1. The lowest BCUT2D eigenvalue weighted by molar-refractivity contribution is 0.146. The minimum atomic E-state index is -2.65. The van der Waals surface area contributed by atoms with E-state index in [4.69, 9.17) is 23.2 Å². The molecule has 0 amide bonds. The molecule has 114 valence electrons. The molecule has 4 nitrogen and oxygen atoms in total. The topological polar surface area (TPSA) is 43.6 Å². The van der Waals surface area contributed by atoms with Crippen molar-refractivity contribution in [3.63, 3.8) is 0 Å². The molecule has 3 aromatic rings. The van der Waals surface area contributed by atoms with Crippen LogP contribution in [0.3, 0.4) is 0 Å². The third-order valence-electron chi connectivity index (χ3n) is 2.83. The minimum absolute atomic E-state index is 0.208. The molecule has 3 rings (SSSR count). The van der Waals surface area contributed by atoms with E-state index in [0.717, 1.165) is 0 Å². The van der Waals surface area contributed by atoms with Crippen molar-refractivity contribution in [1.29, 1.82) is 0 Å². The summed E-state index contributed by atoms with van der Waals surface area (Å²) in [5.41, 5.74) is 0.377.